The second kappa shape index (κ2) is 10.5. The Balaban J connectivity index is 2.03. The van der Waals surface area contributed by atoms with Crippen LogP contribution in [-0.2, 0) is 0 Å². The van der Waals surface area contributed by atoms with Crippen molar-refractivity contribution in [2.24, 2.45) is 5.10 Å². The molecule has 1 N–H and O–H groups in total. The molecule has 1 amide bonds. The second-order valence-corrected chi connectivity index (χ2v) is 5.29. The van der Waals surface area contributed by atoms with Gasteiger partial charge < -0.3 is 14.2 Å². The van der Waals surface area contributed by atoms with Crippen LogP contribution in [0.1, 0.15) is 29.8 Å². The summed E-state index contributed by atoms with van der Waals surface area (Å²) in [6.07, 6.45) is 6.70. The maximum absolute atomic E-state index is 12.3. The third-order valence-corrected chi connectivity index (χ3v) is 3.37. The van der Waals surface area contributed by atoms with Gasteiger partial charge in [0.15, 0.2) is 11.5 Å². The van der Waals surface area contributed by atoms with Crippen LogP contribution in [-0.4, -0.2) is 31.9 Å². The first-order valence-corrected chi connectivity index (χ1v) is 8.57. The third kappa shape index (κ3) is 6.08. The van der Waals surface area contributed by atoms with E-state index in [4.69, 9.17) is 20.6 Å². The van der Waals surface area contributed by atoms with Crippen molar-refractivity contribution in [1.82, 2.24) is 5.43 Å². The normalized spacial score (nSPS) is 10.3. The molecule has 0 bridgehead atoms. The van der Waals surface area contributed by atoms with Crippen LogP contribution >= 0.6 is 0 Å². The molecule has 0 radical (unpaired) electrons. The summed E-state index contributed by atoms with van der Waals surface area (Å²) in [5.41, 5.74) is 3.68. The fraction of sp³-hybridized carbons (Fsp3) is 0.238. The SMILES string of the molecule is C#CCOc1cccc(/C=N/NC(=O)c2ccc(OCC)c(OCC)c2)c1. The van der Waals surface area contributed by atoms with E-state index in [0.717, 1.165) is 5.56 Å². The number of terminal acetylenes is 1. The topological polar surface area (TPSA) is 69.2 Å². The molecule has 0 fully saturated rings. The number of benzene rings is 2. The first-order chi connectivity index (χ1) is 13.2. The highest BCUT2D eigenvalue weighted by molar-refractivity contribution is 5.95. The van der Waals surface area contributed by atoms with Gasteiger partial charge in [-0.25, -0.2) is 5.43 Å². The van der Waals surface area contributed by atoms with E-state index in [1.165, 1.54) is 6.21 Å². The third-order valence-electron chi connectivity index (χ3n) is 3.37. The van der Waals surface area contributed by atoms with Gasteiger partial charge in [-0.05, 0) is 49.7 Å². The first-order valence-electron chi connectivity index (χ1n) is 8.57. The average molecular weight is 366 g/mol. The van der Waals surface area contributed by atoms with Crippen molar-refractivity contribution in [3.8, 4) is 29.6 Å². The van der Waals surface area contributed by atoms with E-state index < -0.39 is 0 Å². The van der Waals surface area contributed by atoms with Crippen LogP contribution in [0.15, 0.2) is 47.6 Å². The van der Waals surface area contributed by atoms with Crippen molar-refractivity contribution < 1.29 is 19.0 Å². The van der Waals surface area contributed by atoms with Crippen molar-refractivity contribution >= 4 is 12.1 Å². The molecule has 0 aliphatic rings. The molecule has 0 heterocycles. The van der Waals surface area contributed by atoms with E-state index in [0.29, 0.717) is 36.0 Å². The standard InChI is InChI=1S/C21H22N2O4/c1-4-12-27-18-9-7-8-16(13-18)15-22-23-21(24)17-10-11-19(25-5-2)20(14-17)26-6-3/h1,7-11,13-15H,5-6,12H2,2-3H3,(H,23,24)/b22-15+. The molecule has 0 saturated heterocycles. The Morgan fingerprint density at radius 1 is 1.11 bits per heavy atom. The molecule has 0 aliphatic heterocycles. The zero-order chi connectivity index (χ0) is 19.5. The molecule has 0 aromatic heterocycles. The fourth-order valence-corrected chi connectivity index (χ4v) is 2.23. The molecule has 2 rings (SSSR count). The van der Waals surface area contributed by atoms with Crippen LogP contribution in [0.25, 0.3) is 0 Å². The van der Waals surface area contributed by atoms with Gasteiger partial charge in [0.05, 0.1) is 19.4 Å². The summed E-state index contributed by atoms with van der Waals surface area (Å²) in [5.74, 6) is 3.81. The summed E-state index contributed by atoms with van der Waals surface area (Å²) >= 11 is 0. The number of carbonyl (C=O) groups excluding carboxylic acids is 1. The lowest BCUT2D eigenvalue weighted by molar-refractivity contribution is 0.0954. The number of rotatable bonds is 9. The van der Waals surface area contributed by atoms with Gasteiger partial charge in [0.25, 0.3) is 5.91 Å². The fourth-order valence-electron chi connectivity index (χ4n) is 2.23. The van der Waals surface area contributed by atoms with Crippen LogP contribution < -0.4 is 19.6 Å². The summed E-state index contributed by atoms with van der Waals surface area (Å²) in [6, 6.07) is 12.2. The van der Waals surface area contributed by atoms with Gasteiger partial charge in [0.1, 0.15) is 12.4 Å². The van der Waals surface area contributed by atoms with Gasteiger partial charge in [-0.1, -0.05) is 18.1 Å². The number of hydrogen-bond acceptors (Lipinski definition) is 5. The number of amides is 1. The maximum atomic E-state index is 12.3. The highest BCUT2D eigenvalue weighted by Gasteiger charge is 2.11. The maximum Gasteiger partial charge on any atom is 0.271 e. The molecular formula is C21H22N2O4. The van der Waals surface area contributed by atoms with Gasteiger partial charge in [0.2, 0.25) is 0 Å². The summed E-state index contributed by atoms with van der Waals surface area (Å²) in [4.78, 5) is 12.3. The molecule has 0 spiro atoms. The highest BCUT2D eigenvalue weighted by atomic mass is 16.5. The molecular weight excluding hydrogens is 344 g/mol. The van der Waals surface area contributed by atoms with Gasteiger partial charge in [-0.15, -0.1) is 6.42 Å². The van der Waals surface area contributed by atoms with Crippen molar-refractivity contribution in [1.29, 1.82) is 0 Å². The molecule has 0 aliphatic carbocycles. The molecule has 6 nitrogen and oxygen atoms in total. The molecule has 2 aromatic carbocycles. The number of nitrogens with one attached hydrogen (secondary N) is 1. The van der Waals surface area contributed by atoms with Crippen molar-refractivity contribution in [2.75, 3.05) is 19.8 Å². The second-order valence-electron chi connectivity index (χ2n) is 5.29. The summed E-state index contributed by atoms with van der Waals surface area (Å²) in [5, 5.41) is 3.98. The van der Waals surface area contributed by atoms with Gasteiger partial charge in [-0.3, -0.25) is 4.79 Å². The molecule has 0 saturated carbocycles. The highest BCUT2D eigenvalue weighted by Crippen LogP contribution is 2.28. The van der Waals surface area contributed by atoms with E-state index in [2.05, 4.69) is 16.4 Å². The van der Waals surface area contributed by atoms with E-state index in [9.17, 15) is 4.79 Å². The molecule has 0 unspecified atom stereocenters. The Morgan fingerprint density at radius 3 is 2.63 bits per heavy atom. The van der Waals surface area contributed by atoms with E-state index >= 15 is 0 Å². The monoisotopic (exact) mass is 366 g/mol. The molecule has 2 aromatic rings. The van der Waals surface area contributed by atoms with E-state index in [-0.39, 0.29) is 12.5 Å². The quantitative estimate of drug-likeness (QED) is 0.420. The van der Waals surface area contributed by atoms with Gasteiger partial charge >= 0.3 is 0 Å². The molecule has 140 valence electrons. The average Bonchev–Trinajstić information content (AvgIpc) is 2.68. The lowest BCUT2D eigenvalue weighted by atomic mass is 10.2. The Hall–Kier alpha value is -3.46. The predicted octanol–water partition coefficient (Wildman–Crippen LogP) is 3.26. The molecule has 0 atom stereocenters. The van der Waals surface area contributed by atoms with Crippen molar-refractivity contribution in [3.63, 3.8) is 0 Å². The predicted molar refractivity (Wildman–Crippen MR) is 105 cm³/mol. The minimum Gasteiger partial charge on any atom is -0.490 e. The molecule has 6 heteroatoms. The number of nitrogens with zero attached hydrogens (tertiary/aromatic N) is 1. The Morgan fingerprint density at radius 2 is 1.89 bits per heavy atom. The number of ether oxygens (including phenoxy) is 3. The zero-order valence-electron chi connectivity index (χ0n) is 15.4. The van der Waals surface area contributed by atoms with Crippen LogP contribution in [0.4, 0.5) is 0 Å². The number of hydrazone groups is 1. The van der Waals surface area contributed by atoms with Gasteiger partial charge in [-0.2, -0.15) is 5.10 Å². The Kier molecular flexibility index (Phi) is 7.73. The van der Waals surface area contributed by atoms with E-state index in [1.807, 2.05) is 26.0 Å². The van der Waals surface area contributed by atoms with Crippen molar-refractivity contribution in [2.45, 2.75) is 13.8 Å². The lowest BCUT2D eigenvalue weighted by Crippen LogP contribution is -2.17. The Labute approximate surface area is 159 Å². The van der Waals surface area contributed by atoms with Crippen LogP contribution in [0, 0.1) is 12.3 Å². The Bertz CT molecular complexity index is 840. The van der Waals surface area contributed by atoms with Gasteiger partial charge in [0, 0.05) is 5.56 Å². The summed E-state index contributed by atoms with van der Waals surface area (Å²) in [7, 11) is 0. The number of hydrogen-bond donors (Lipinski definition) is 1. The minimum absolute atomic E-state index is 0.192. The smallest absolute Gasteiger partial charge is 0.271 e. The summed E-state index contributed by atoms with van der Waals surface area (Å²) in [6.45, 7) is 4.94. The number of carbonyl (C=O) groups is 1. The minimum atomic E-state index is -0.352. The van der Waals surface area contributed by atoms with Crippen molar-refractivity contribution in [3.05, 3.63) is 53.6 Å². The first kappa shape index (κ1) is 19.9. The summed E-state index contributed by atoms with van der Waals surface area (Å²) < 4.78 is 16.4. The molecule has 27 heavy (non-hydrogen) atoms. The zero-order valence-corrected chi connectivity index (χ0v) is 15.4. The van der Waals surface area contributed by atoms with E-state index in [1.54, 1.807) is 30.3 Å². The van der Waals surface area contributed by atoms with Crippen LogP contribution in [0.3, 0.4) is 0 Å². The van der Waals surface area contributed by atoms with Crippen LogP contribution in [0.2, 0.25) is 0 Å². The largest absolute Gasteiger partial charge is 0.490 e. The lowest BCUT2D eigenvalue weighted by Gasteiger charge is -2.11. The van der Waals surface area contributed by atoms with Crippen LogP contribution in [0.5, 0.6) is 17.2 Å².